The van der Waals surface area contributed by atoms with E-state index in [0.717, 1.165) is 89.9 Å². The number of unbranched alkanes of at least 4 members (excludes halogenated alkanes) is 12. The Bertz CT molecular complexity index is 1090. The van der Waals surface area contributed by atoms with Crippen molar-refractivity contribution in [2.24, 2.45) is 5.73 Å². The first-order valence-corrected chi connectivity index (χ1v) is 22.5. The fourth-order valence-electron chi connectivity index (χ4n) is 6.60. The lowest BCUT2D eigenvalue weighted by molar-refractivity contribution is -0.135. The lowest BCUT2D eigenvalue weighted by Gasteiger charge is -2.27. The first-order valence-electron chi connectivity index (χ1n) is 22.5. The van der Waals surface area contributed by atoms with Gasteiger partial charge in [-0.3, -0.25) is 28.8 Å². The van der Waals surface area contributed by atoms with Crippen molar-refractivity contribution in [3.05, 3.63) is 0 Å². The summed E-state index contributed by atoms with van der Waals surface area (Å²) in [4.78, 5) is 81.3. The highest BCUT2D eigenvalue weighted by Crippen LogP contribution is 2.13. The van der Waals surface area contributed by atoms with Crippen LogP contribution in [0.3, 0.4) is 0 Å². The molecule has 0 rings (SSSR count). The first-order chi connectivity index (χ1) is 27.0. The van der Waals surface area contributed by atoms with Gasteiger partial charge in [-0.05, 0) is 58.4 Å². The molecule has 0 spiro atoms. The normalized spacial score (nSPS) is 13.8. The summed E-state index contributed by atoms with van der Waals surface area (Å²) in [5.41, 5.74) is 5.59. The van der Waals surface area contributed by atoms with Crippen molar-refractivity contribution in [2.75, 3.05) is 13.1 Å². The molecule has 6 amide bonds. The lowest BCUT2D eigenvalue weighted by Crippen LogP contribution is -2.59. The van der Waals surface area contributed by atoms with Crippen LogP contribution in [0, 0.1) is 0 Å². The highest BCUT2D eigenvalue weighted by atomic mass is 16.2. The zero-order valence-corrected chi connectivity index (χ0v) is 36.3. The molecular formula is C43H83N7O6. The molecule has 0 radical (unpaired) electrons. The second-order valence-corrected chi connectivity index (χ2v) is 15.3. The standard InChI is InChI=1S/C43H83N7O6/c1-7-13-19-26-33(39(52)45-12-6)47-41(54)35(28-21-15-9-3)49-43(56)37(30-23-17-11-5)50-42(55)36(29-22-16-10-4)48-40(53)34(27-20-14-8-2)46-38(51)31-24-18-25-32-44/h33-37H,7-32,44H2,1-6H3,(H,45,52)(H,46,51)(H,47,54)(H,48,53)(H,49,56)(H,50,55). The SMILES string of the molecule is CCCCCC(NC(=O)CCCCCN)C(=O)NC(CCCCC)C(=O)NC(CCCCC)C(=O)NC(CCCCC)C(=O)NC(CCCCC)C(=O)NCC. The zero-order chi connectivity index (χ0) is 42.0. The van der Waals surface area contributed by atoms with Crippen LogP contribution in [0.25, 0.3) is 0 Å². The van der Waals surface area contributed by atoms with Gasteiger partial charge in [0.15, 0.2) is 0 Å². The fraction of sp³-hybridized carbons (Fsp3) is 0.860. The molecule has 0 aliphatic rings. The average molecular weight is 794 g/mol. The van der Waals surface area contributed by atoms with E-state index < -0.39 is 53.8 Å². The van der Waals surface area contributed by atoms with Crippen molar-refractivity contribution < 1.29 is 28.8 Å². The minimum Gasteiger partial charge on any atom is -0.355 e. The van der Waals surface area contributed by atoms with Crippen molar-refractivity contribution in [3.63, 3.8) is 0 Å². The van der Waals surface area contributed by atoms with Gasteiger partial charge in [0.25, 0.3) is 0 Å². The summed E-state index contributed by atoms with van der Waals surface area (Å²) >= 11 is 0. The Morgan fingerprint density at radius 3 is 0.964 bits per heavy atom. The second-order valence-electron chi connectivity index (χ2n) is 15.3. The van der Waals surface area contributed by atoms with Gasteiger partial charge in [-0.15, -0.1) is 0 Å². The zero-order valence-electron chi connectivity index (χ0n) is 36.3. The molecule has 0 saturated carbocycles. The van der Waals surface area contributed by atoms with Crippen molar-refractivity contribution in [1.29, 1.82) is 0 Å². The fourth-order valence-corrected chi connectivity index (χ4v) is 6.60. The Morgan fingerprint density at radius 1 is 0.375 bits per heavy atom. The predicted octanol–water partition coefficient (Wildman–Crippen LogP) is 5.97. The van der Waals surface area contributed by atoms with Crippen LogP contribution in [0.5, 0.6) is 0 Å². The van der Waals surface area contributed by atoms with Gasteiger partial charge in [-0.25, -0.2) is 0 Å². The monoisotopic (exact) mass is 794 g/mol. The van der Waals surface area contributed by atoms with Gasteiger partial charge in [0.1, 0.15) is 30.2 Å². The van der Waals surface area contributed by atoms with Crippen molar-refractivity contribution >= 4 is 35.4 Å². The van der Waals surface area contributed by atoms with Crippen molar-refractivity contribution in [1.82, 2.24) is 31.9 Å². The van der Waals surface area contributed by atoms with E-state index in [4.69, 9.17) is 5.73 Å². The summed E-state index contributed by atoms with van der Waals surface area (Å²) in [5, 5.41) is 17.5. The van der Waals surface area contributed by atoms with Crippen LogP contribution in [-0.2, 0) is 28.8 Å². The number of carbonyl (C=O) groups is 6. The lowest BCUT2D eigenvalue weighted by atomic mass is 10.0. The van der Waals surface area contributed by atoms with E-state index >= 15 is 0 Å². The third kappa shape index (κ3) is 25.1. The Hall–Kier alpha value is -3.22. The quantitative estimate of drug-likeness (QED) is 0.0379. The number of likely N-dealkylation sites (N-methyl/N-ethyl adjacent to an activating group) is 1. The van der Waals surface area contributed by atoms with Crippen molar-refractivity contribution in [3.8, 4) is 0 Å². The van der Waals surface area contributed by atoms with Gasteiger partial charge >= 0.3 is 0 Å². The van der Waals surface area contributed by atoms with Gasteiger partial charge in [-0.2, -0.15) is 0 Å². The average Bonchev–Trinajstić information content (AvgIpc) is 3.17. The molecule has 13 heteroatoms. The summed E-state index contributed by atoms with van der Waals surface area (Å²) in [5.74, 6) is -2.20. The highest BCUT2D eigenvalue weighted by Gasteiger charge is 2.32. The number of nitrogens with two attached hydrogens (primary N) is 1. The van der Waals surface area contributed by atoms with Crippen LogP contribution in [0.2, 0.25) is 0 Å². The Morgan fingerprint density at radius 2 is 0.679 bits per heavy atom. The minimum atomic E-state index is -0.932. The number of carbonyl (C=O) groups excluding carboxylic acids is 6. The predicted molar refractivity (Wildman–Crippen MR) is 227 cm³/mol. The van der Waals surface area contributed by atoms with E-state index in [2.05, 4.69) is 66.5 Å². The summed E-state index contributed by atoms with van der Waals surface area (Å²) in [6.07, 6.45) is 17.5. The van der Waals surface area contributed by atoms with Gasteiger partial charge in [-0.1, -0.05) is 137 Å². The maximum Gasteiger partial charge on any atom is 0.243 e. The van der Waals surface area contributed by atoms with Crippen LogP contribution in [-0.4, -0.2) is 78.7 Å². The largest absolute Gasteiger partial charge is 0.355 e. The van der Waals surface area contributed by atoms with Gasteiger partial charge in [0.05, 0.1) is 0 Å². The topological polar surface area (TPSA) is 201 Å². The number of rotatable bonds is 36. The Labute approximate surface area is 340 Å². The molecule has 56 heavy (non-hydrogen) atoms. The number of nitrogens with one attached hydrogen (secondary N) is 6. The Balaban J connectivity index is 6.23. The van der Waals surface area contributed by atoms with Crippen LogP contribution < -0.4 is 37.6 Å². The summed E-state index contributed by atoms with van der Waals surface area (Å²) in [6, 6.07) is -4.21. The van der Waals surface area contributed by atoms with Crippen LogP contribution in [0.4, 0.5) is 0 Å². The third-order valence-electron chi connectivity index (χ3n) is 10.1. The van der Waals surface area contributed by atoms with E-state index in [1.807, 2.05) is 6.92 Å². The van der Waals surface area contributed by atoms with E-state index in [1.165, 1.54) is 0 Å². The molecule has 0 aromatic carbocycles. The van der Waals surface area contributed by atoms with Crippen LogP contribution in [0.15, 0.2) is 0 Å². The number of amides is 6. The smallest absolute Gasteiger partial charge is 0.243 e. The highest BCUT2D eigenvalue weighted by molar-refractivity contribution is 5.96. The molecule has 0 aliphatic carbocycles. The molecule has 0 fully saturated rings. The molecule has 5 unspecified atom stereocenters. The summed E-state index contributed by atoms with van der Waals surface area (Å²) in [7, 11) is 0. The van der Waals surface area contributed by atoms with E-state index in [9.17, 15) is 28.8 Å². The molecule has 326 valence electrons. The van der Waals surface area contributed by atoms with Crippen LogP contribution >= 0.6 is 0 Å². The van der Waals surface area contributed by atoms with Crippen molar-refractivity contribution in [2.45, 2.75) is 226 Å². The van der Waals surface area contributed by atoms with E-state index in [-0.39, 0.29) is 11.8 Å². The molecule has 0 heterocycles. The minimum absolute atomic E-state index is 0.200. The maximum absolute atomic E-state index is 14.0. The summed E-state index contributed by atoms with van der Waals surface area (Å²) < 4.78 is 0. The van der Waals surface area contributed by atoms with E-state index in [0.29, 0.717) is 77.3 Å². The maximum atomic E-state index is 14.0. The third-order valence-corrected chi connectivity index (χ3v) is 10.1. The Kier molecular flexibility index (Phi) is 33.0. The molecule has 0 saturated heterocycles. The van der Waals surface area contributed by atoms with Gasteiger partial charge in [0, 0.05) is 13.0 Å². The second kappa shape index (κ2) is 35.0. The molecule has 0 bridgehead atoms. The first kappa shape index (κ1) is 52.8. The molecule has 5 atom stereocenters. The van der Waals surface area contributed by atoms with Gasteiger partial charge < -0.3 is 37.6 Å². The molecule has 8 N–H and O–H groups in total. The number of hydrogen-bond donors (Lipinski definition) is 7. The van der Waals surface area contributed by atoms with E-state index in [1.54, 1.807) is 0 Å². The molecule has 0 aromatic rings. The van der Waals surface area contributed by atoms with Gasteiger partial charge in [0.2, 0.25) is 35.4 Å². The molecule has 0 aromatic heterocycles. The number of hydrogen-bond acceptors (Lipinski definition) is 7. The summed E-state index contributed by atoms with van der Waals surface area (Å²) in [6.45, 7) is 13.2. The molecule has 0 aliphatic heterocycles. The molecule has 13 nitrogen and oxygen atoms in total. The molecular weight excluding hydrogens is 711 g/mol. The van der Waals surface area contributed by atoms with Crippen LogP contribution in [0.1, 0.15) is 196 Å².